The summed E-state index contributed by atoms with van der Waals surface area (Å²) in [5.74, 6) is -0.674. The second-order valence-corrected chi connectivity index (χ2v) is 7.76. The molecule has 5 rings (SSSR count). The van der Waals surface area contributed by atoms with Crippen molar-refractivity contribution in [1.82, 2.24) is 24.9 Å². The Morgan fingerprint density at radius 2 is 1.97 bits per heavy atom. The summed E-state index contributed by atoms with van der Waals surface area (Å²) in [5.41, 5.74) is 8.17. The van der Waals surface area contributed by atoms with Gasteiger partial charge in [-0.25, -0.2) is 18.7 Å². The van der Waals surface area contributed by atoms with Gasteiger partial charge in [-0.3, -0.25) is 4.79 Å². The highest BCUT2D eigenvalue weighted by Gasteiger charge is 2.22. The van der Waals surface area contributed by atoms with E-state index in [1.165, 1.54) is 41.0 Å². The van der Waals surface area contributed by atoms with Crippen LogP contribution in [-0.2, 0) is 6.54 Å². The van der Waals surface area contributed by atoms with Gasteiger partial charge in [0.1, 0.15) is 29.0 Å². The lowest BCUT2D eigenvalue weighted by molar-refractivity contribution is 0.0932. The Balaban J connectivity index is 1.64. The van der Waals surface area contributed by atoms with Crippen LogP contribution in [0.5, 0.6) is 5.88 Å². The molecule has 0 saturated carbocycles. The molecule has 1 aromatic carbocycles. The van der Waals surface area contributed by atoms with E-state index in [1.54, 1.807) is 6.92 Å². The van der Waals surface area contributed by atoms with Gasteiger partial charge >= 0.3 is 0 Å². The van der Waals surface area contributed by atoms with E-state index in [2.05, 4.69) is 31.0 Å². The Labute approximate surface area is 192 Å². The molecule has 1 atom stereocenters. The van der Waals surface area contributed by atoms with E-state index in [4.69, 9.17) is 10.5 Å². The number of nitrogens with zero attached hydrogens (tertiary/aromatic N) is 4. The minimum atomic E-state index is -0.528. The predicted octanol–water partition coefficient (Wildman–Crippen LogP) is 2.85. The van der Waals surface area contributed by atoms with Gasteiger partial charge in [0.15, 0.2) is 17.3 Å². The monoisotopic (exact) mass is 466 g/mol. The maximum Gasteiger partial charge on any atom is 0.256 e. The summed E-state index contributed by atoms with van der Waals surface area (Å²) in [5, 5.41) is 13.2. The molecular formula is C22H20F2N8O2. The highest BCUT2D eigenvalue weighted by atomic mass is 19.1. The molecule has 0 radical (unpaired) electrons. The summed E-state index contributed by atoms with van der Waals surface area (Å²) in [6.07, 6.45) is 1.99. The number of nitrogens with one attached hydrogen (secondary N) is 3. The Kier molecular flexibility index (Phi) is 5.32. The van der Waals surface area contributed by atoms with E-state index in [0.29, 0.717) is 16.9 Å². The highest BCUT2D eigenvalue weighted by molar-refractivity contribution is 6.00. The van der Waals surface area contributed by atoms with Gasteiger partial charge in [0.25, 0.3) is 5.91 Å². The summed E-state index contributed by atoms with van der Waals surface area (Å²) in [4.78, 5) is 21.4. The molecule has 5 N–H and O–H groups in total. The number of ether oxygens (including phenoxy) is 1. The lowest BCUT2D eigenvalue weighted by Gasteiger charge is -2.18. The average molecular weight is 466 g/mol. The largest absolute Gasteiger partial charge is 0.473 e. The zero-order valence-electron chi connectivity index (χ0n) is 18.0. The zero-order valence-corrected chi connectivity index (χ0v) is 18.0. The molecule has 4 aromatic rings. The van der Waals surface area contributed by atoms with E-state index in [9.17, 15) is 13.6 Å². The minimum Gasteiger partial charge on any atom is -0.473 e. The van der Waals surface area contributed by atoms with E-state index in [-0.39, 0.29) is 47.6 Å². The van der Waals surface area contributed by atoms with Crippen molar-refractivity contribution in [3.05, 3.63) is 65.5 Å². The lowest BCUT2D eigenvalue weighted by Crippen LogP contribution is -2.33. The fraction of sp³-hybridized carbons (Fsp3) is 0.182. The van der Waals surface area contributed by atoms with Crippen LogP contribution < -0.4 is 26.4 Å². The van der Waals surface area contributed by atoms with Crippen LogP contribution >= 0.6 is 0 Å². The molecule has 10 nitrogen and oxygen atoms in total. The number of pyridine rings is 1. The number of benzene rings is 1. The molecule has 0 spiro atoms. The van der Waals surface area contributed by atoms with Gasteiger partial charge in [-0.1, -0.05) is 0 Å². The van der Waals surface area contributed by atoms with Gasteiger partial charge in [-0.2, -0.15) is 9.61 Å². The first-order chi connectivity index (χ1) is 16.4. The molecule has 2 bridgehead atoms. The van der Waals surface area contributed by atoms with Crippen molar-refractivity contribution < 1.29 is 18.3 Å². The molecular weight excluding hydrogens is 446 g/mol. The normalized spacial score (nSPS) is 15.9. The number of fused-ring (bicyclic) bond motifs is 2. The summed E-state index contributed by atoms with van der Waals surface area (Å²) in [6, 6.07) is 6.98. The molecule has 1 amide bonds. The van der Waals surface area contributed by atoms with Crippen LogP contribution in [0.1, 0.15) is 22.8 Å². The first-order valence-electron chi connectivity index (χ1n) is 10.4. The number of carbonyl (C=O) groups excluding carboxylic acids is 1. The lowest BCUT2D eigenvalue weighted by atomic mass is 10.2. The van der Waals surface area contributed by atoms with Crippen LogP contribution in [0.2, 0.25) is 0 Å². The fourth-order valence-corrected chi connectivity index (χ4v) is 3.55. The second-order valence-electron chi connectivity index (χ2n) is 7.76. The van der Waals surface area contributed by atoms with Gasteiger partial charge < -0.3 is 26.4 Å². The van der Waals surface area contributed by atoms with Crippen molar-refractivity contribution in [2.45, 2.75) is 19.6 Å². The maximum atomic E-state index is 14.0. The summed E-state index contributed by atoms with van der Waals surface area (Å²) in [6.45, 7) is 2.03. The van der Waals surface area contributed by atoms with Gasteiger partial charge in [0.05, 0.1) is 18.9 Å². The van der Waals surface area contributed by atoms with Gasteiger partial charge in [-0.15, -0.1) is 0 Å². The third kappa shape index (κ3) is 4.00. The molecule has 1 aliphatic heterocycles. The summed E-state index contributed by atoms with van der Waals surface area (Å²) in [7, 11) is 0. The van der Waals surface area contributed by atoms with Crippen LogP contribution in [0.4, 0.5) is 31.8 Å². The quantitative estimate of drug-likeness (QED) is 0.355. The van der Waals surface area contributed by atoms with Crippen molar-refractivity contribution in [2.24, 2.45) is 0 Å². The van der Waals surface area contributed by atoms with E-state index in [1.807, 2.05) is 0 Å². The van der Waals surface area contributed by atoms with Crippen molar-refractivity contribution in [3.8, 4) is 5.88 Å². The Morgan fingerprint density at radius 3 is 2.76 bits per heavy atom. The molecule has 1 aliphatic rings. The number of anilines is 4. The second kappa shape index (κ2) is 8.46. The summed E-state index contributed by atoms with van der Waals surface area (Å²) >= 11 is 0. The van der Waals surface area contributed by atoms with Crippen molar-refractivity contribution >= 4 is 34.6 Å². The molecule has 1 unspecified atom stereocenters. The first kappa shape index (κ1) is 21.4. The third-order valence-electron chi connectivity index (χ3n) is 5.24. The third-order valence-corrected chi connectivity index (χ3v) is 5.24. The van der Waals surface area contributed by atoms with Crippen LogP contribution in [-0.4, -0.2) is 38.1 Å². The number of nitrogen functional groups attached to an aromatic ring is 1. The fourth-order valence-electron chi connectivity index (χ4n) is 3.55. The molecule has 0 aliphatic carbocycles. The molecule has 4 heterocycles. The summed E-state index contributed by atoms with van der Waals surface area (Å²) < 4.78 is 34.5. The Hall–Kier alpha value is -4.48. The smallest absolute Gasteiger partial charge is 0.256 e. The van der Waals surface area contributed by atoms with Crippen LogP contribution in [0.15, 0.2) is 42.7 Å². The first-order valence-corrected chi connectivity index (χ1v) is 10.4. The van der Waals surface area contributed by atoms with Gasteiger partial charge in [0.2, 0.25) is 5.88 Å². The molecule has 12 heteroatoms. The number of aromatic nitrogens is 4. The van der Waals surface area contributed by atoms with Gasteiger partial charge in [0, 0.05) is 17.8 Å². The number of hydrogen-bond acceptors (Lipinski definition) is 8. The van der Waals surface area contributed by atoms with Crippen LogP contribution in [0.3, 0.4) is 0 Å². The molecule has 34 heavy (non-hydrogen) atoms. The van der Waals surface area contributed by atoms with Crippen LogP contribution in [0.25, 0.3) is 5.65 Å². The zero-order chi connectivity index (χ0) is 23.8. The molecule has 0 fully saturated rings. The number of halogens is 2. The van der Waals surface area contributed by atoms with E-state index >= 15 is 0 Å². The van der Waals surface area contributed by atoms with Crippen molar-refractivity contribution in [2.75, 3.05) is 22.9 Å². The van der Waals surface area contributed by atoms with Crippen LogP contribution in [0, 0.1) is 11.6 Å². The topological polar surface area (TPSA) is 131 Å². The number of hydrogen-bond donors (Lipinski definition) is 4. The average Bonchev–Trinajstić information content (AvgIpc) is 3.25. The van der Waals surface area contributed by atoms with Gasteiger partial charge in [-0.05, 0) is 37.3 Å². The SMILES string of the molecule is CC1CNC(=O)c2cnn3c(N)c(Nc4ccc(F)cc4)c(nc23)NCc2cc(F)cnc2O1. The Bertz CT molecular complexity index is 1390. The van der Waals surface area contributed by atoms with Crippen molar-refractivity contribution in [1.29, 1.82) is 0 Å². The Morgan fingerprint density at radius 1 is 1.18 bits per heavy atom. The maximum absolute atomic E-state index is 14.0. The molecule has 0 saturated heterocycles. The van der Waals surface area contributed by atoms with Crippen molar-refractivity contribution in [3.63, 3.8) is 0 Å². The predicted molar refractivity (Wildman–Crippen MR) is 121 cm³/mol. The number of carbonyl (C=O) groups is 1. The van der Waals surface area contributed by atoms with E-state index < -0.39 is 17.8 Å². The number of nitrogens with two attached hydrogens (primary N) is 1. The molecule has 3 aromatic heterocycles. The number of rotatable bonds is 2. The molecule has 174 valence electrons. The number of amides is 1. The minimum absolute atomic E-state index is 0.0956. The standard InChI is InChI=1S/C22H20F2N8O2/c1-11-7-27-21(33)16-10-29-32-18(25)17(30-15-4-2-13(23)3-5-15)19(31-20(16)32)26-8-12-6-14(24)9-28-22(12)34-11/h2-6,9-11,30H,7-8,25H2,1H3,(H,26,31)(H,27,33). The highest BCUT2D eigenvalue weighted by Crippen LogP contribution is 2.33. The van der Waals surface area contributed by atoms with E-state index in [0.717, 1.165) is 6.20 Å².